The van der Waals surface area contributed by atoms with E-state index in [1.165, 1.54) is 4.88 Å². The van der Waals surface area contributed by atoms with Gasteiger partial charge in [-0.15, -0.1) is 11.3 Å². The Balaban J connectivity index is 1.98. The highest BCUT2D eigenvalue weighted by atomic mass is 32.1. The van der Waals surface area contributed by atoms with Crippen molar-refractivity contribution in [3.8, 4) is 0 Å². The summed E-state index contributed by atoms with van der Waals surface area (Å²) in [5.41, 5.74) is 8.14. The number of aromatic nitrogens is 2. The maximum absolute atomic E-state index is 5.62. The van der Waals surface area contributed by atoms with Crippen molar-refractivity contribution in [2.45, 2.75) is 6.54 Å². The fraction of sp³-hybridized carbons (Fsp3) is 0.111. The number of anilines is 2. The number of nitrogen functional groups attached to an aromatic ring is 1. The van der Waals surface area contributed by atoms with Crippen molar-refractivity contribution in [1.82, 2.24) is 9.97 Å². The third kappa shape index (κ3) is 2.20. The molecule has 2 rings (SSSR count). The zero-order valence-electron chi connectivity index (χ0n) is 7.47. The molecule has 0 aliphatic rings. The summed E-state index contributed by atoms with van der Waals surface area (Å²) in [6.45, 7) is 0.737. The lowest BCUT2D eigenvalue weighted by Gasteiger charge is -2.03. The average Bonchev–Trinajstić information content (AvgIpc) is 2.67. The average molecular weight is 206 g/mol. The summed E-state index contributed by atoms with van der Waals surface area (Å²) in [6, 6.07) is 3.57. The molecule has 0 atom stereocenters. The van der Waals surface area contributed by atoms with Gasteiger partial charge in [0, 0.05) is 29.0 Å². The molecule has 0 unspecified atom stereocenters. The van der Waals surface area contributed by atoms with Gasteiger partial charge in [0.15, 0.2) is 0 Å². The Morgan fingerprint density at radius 2 is 2.43 bits per heavy atom. The molecule has 14 heavy (non-hydrogen) atoms. The molecule has 2 aromatic rings. The molecule has 0 radical (unpaired) electrons. The van der Waals surface area contributed by atoms with Crippen LogP contribution in [0.2, 0.25) is 0 Å². The van der Waals surface area contributed by atoms with Crippen LogP contribution < -0.4 is 11.1 Å². The summed E-state index contributed by atoms with van der Waals surface area (Å²) in [7, 11) is 0. The molecular weight excluding hydrogens is 196 g/mol. The van der Waals surface area contributed by atoms with Crippen LogP contribution in [-0.4, -0.2) is 9.97 Å². The molecule has 0 saturated carbocycles. The van der Waals surface area contributed by atoms with Crippen LogP contribution in [0.4, 0.5) is 11.5 Å². The van der Waals surface area contributed by atoms with Gasteiger partial charge in [-0.2, -0.15) is 0 Å². The number of nitrogens with two attached hydrogens (primary N) is 1. The minimum Gasteiger partial charge on any atom is -0.399 e. The number of hydrogen-bond acceptors (Lipinski definition) is 5. The molecule has 3 N–H and O–H groups in total. The second kappa shape index (κ2) is 4.06. The maximum Gasteiger partial charge on any atom is 0.128 e. The highest BCUT2D eigenvalue weighted by molar-refractivity contribution is 7.09. The lowest BCUT2D eigenvalue weighted by atomic mass is 10.4. The summed E-state index contributed by atoms with van der Waals surface area (Å²) in [5.74, 6) is 0.790. The molecule has 5 heteroatoms. The van der Waals surface area contributed by atoms with Crippen LogP contribution in [0, 0.1) is 0 Å². The number of pyridine rings is 1. The van der Waals surface area contributed by atoms with Crippen molar-refractivity contribution >= 4 is 22.8 Å². The molecule has 2 aromatic heterocycles. The summed E-state index contributed by atoms with van der Waals surface area (Å²) in [6.07, 6.45) is 3.52. The molecule has 0 aromatic carbocycles. The Kier molecular flexibility index (Phi) is 2.60. The quantitative estimate of drug-likeness (QED) is 0.802. The predicted octanol–water partition coefficient (Wildman–Crippen LogP) is 1.73. The number of thiazole rings is 1. The smallest absolute Gasteiger partial charge is 0.128 e. The maximum atomic E-state index is 5.62. The van der Waals surface area contributed by atoms with E-state index in [1.807, 2.05) is 11.7 Å². The van der Waals surface area contributed by atoms with Crippen LogP contribution in [0.15, 0.2) is 30.0 Å². The van der Waals surface area contributed by atoms with Gasteiger partial charge >= 0.3 is 0 Å². The van der Waals surface area contributed by atoms with E-state index in [0.717, 1.165) is 12.4 Å². The Bertz CT molecular complexity index is 399. The summed E-state index contributed by atoms with van der Waals surface area (Å²) >= 11 is 1.61. The van der Waals surface area contributed by atoms with Gasteiger partial charge in [-0.25, -0.2) is 4.98 Å². The molecule has 0 saturated heterocycles. The van der Waals surface area contributed by atoms with Gasteiger partial charge < -0.3 is 11.1 Å². The molecule has 0 amide bonds. The molecular formula is C9H10N4S. The van der Waals surface area contributed by atoms with Crippen molar-refractivity contribution in [3.63, 3.8) is 0 Å². The van der Waals surface area contributed by atoms with E-state index in [1.54, 1.807) is 29.7 Å². The number of rotatable bonds is 3. The lowest BCUT2D eigenvalue weighted by molar-refractivity contribution is 1.13. The predicted molar refractivity (Wildman–Crippen MR) is 58.1 cm³/mol. The van der Waals surface area contributed by atoms with Gasteiger partial charge in [0.2, 0.25) is 0 Å². The fourth-order valence-corrected chi connectivity index (χ4v) is 1.58. The lowest BCUT2D eigenvalue weighted by Crippen LogP contribution is -2.00. The highest BCUT2D eigenvalue weighted by Gasteiger charge is 1.96. The van der Waals surface area contributed by atoms with Crippen LogP contribution >= 0.6 is 11.3 Å². The van der Waals surface area contributed by atoms with Gasteiger partial charge in [-0.05, 0) is 6.07 Å². The van der Waals surface area contributed by atoms with Gasteiger partial charge in [0.1, 0.15) is 5.82 Å². The summed E-state index contributed by atoms with van der Waals surface area (Å²) < 4.78 is 0. The molecule has 72 valence electrons. The van der Waals surface area contributed by atoms with Crippen LogP contribution in [-0.2, 0) is 6.54 Å². The van der Waals surface area contributed by atoms with E-state index >= 15 is 0 Å². The number of hydrogen-bond donors (Lipinski definition) is 2. The molecule has 0 aliphatic carbocycles. The van der Waals surface area contributed by atoms with Gasteiger partial charge in [-0.1, -0.05) is 0 Å². The van der Waals surface area contributed by atoms with Crippen LogP contribution in [0.3, 0.4) is 0 Å². The SMILES string of the molecule is Nc1ccnc(NCc2cncs2)c1. The van der Waals surface area contributed by atoms with E-state index in [4.69, 9.17) is 5.73 Å². The molecule has 0 spiro atoms. The highest BCUT2D eigenvalue weighted by Crippen LogP contribution is 2.11. The second-order valence-corrected chi connectivity index (χ2v) is 3.77. The van der Waals surface area contributed by atoms with Crippen molar-refractivity contribution in [1.29, 1.82) is 0 Å². The molecule has 0 aliphatic heterocycles. The fourth-order valence-electron chi connectivity index (χ4n) is 1.05. The third-order valence-corrected chi connectivity index (χ3v) is 2.49. The molecule has 4 nitrogen and oxygen atoms in total. The Morgan fingerprint density at radius 3 is 3.14 bits per heavy atom. The minimum absolute atomic E-state index is 0.715. The van der Waals surface area contributed by atoms with E-state index in [9.17, 15) is 0 Å². The zero-order chi connectivity index (χ0) is 9.80. The Labute approximate surface area is 85.8 Å². The molecule has 2 heterocycles. The van der Waals surface area contributed by atoms with Crippen LogP contribution in [0.5, 0.6) is 0 Å². The van der Waals surface area contributed by atoms with Crippen molar-refractivity contribution < 1.29 is 0 Å². The van der Waals surface area contributed by atoms with E-state index < -0.39 is 0 Å². The summed E-state index contributed by atoms with van der Waals surface area (Å²) in [5, 5.41) is 3.17. The first kappa shape index (κ1) is 8.96. The van der Waals surface area contributed by atoms with Crippen LogP contribution in [0.1, 0.15) is 4.88 Å². The van der Waals surface area contributed by atoms with E-state index in [0.29, 0.717) is 5.69 Å². The monoisotopic (exact) mass is 206 g/mol. The van der Waals surface area contributed by atoms with Gasteiger partial charge in [0.05, 0.1) is 12.1 Å². The number of nitrogens with zero attached hydrogens (tertiary/aromatic N) is 2. The van der Waals surface area contributed by atoms with Crippen LogP contribution in [0.25, 0.3) is 0 Å². The topological polar surface area (TPSA) is 63.8 Å². The van der Waals surface area contributed by atoms with E-state index in [-0.39, 0.29) is 0 Å². The minimum atomic E-state index is 0.715. The molecule has 0 bridgehead atoms. The Morgan fingerprint density at radius 1 is 1.50 bits per heavy atom. The second-order valence-electron chi connectivity index (χ2n) is 2.80. The first-order chi connectivity index (χ1) is 6.84. The first-order valence-electron chi connectivity index (χ1n) is 4.17. The van der Waals surface area contributed by atoms with Gasteiger partial charge in [-0.3, -0.25) is 4.98 Å². The molecule has 0 fully saturated rings. The normalized spacial score (nSPS) is 10.0. The zero-order valence-corrected chi connectivity index (χ0v) is 8.29. The largest absolute Gasteiger partial charge is 0.399 e. The van der Waals surface area contributed by atoms with E-state index in [2.05, 4.69) is 15.3 Å². The summed E-state index contributed by atoms with van der Waals surface area (Å²) in [4.78, 5) is 9.29. The Hall–Kier alpha value is -1.62. The third-order valence-electron chi connectivity index (χ3n) is 1.71. The van der Waals surface area contributed by atoms with Crippen molar-refractivity contribution in [2.24, 2.45) is 0 Å². The number of nitrogens with one attached hydrogen (secondary N) is 1. The van der Waals surface area contributed by atoms with Crippen molar-refractivity contribution in [3.05, 3.63) is 34.9 Å². The van der Waals surface area contributed by atoms with Gasteiger partial charge in [0.25, 0.3) is 0 Å². The van der Waals surface area contributed by atoms with Crippen molar-refractivity contribution in [2.75, 3.05) is 11.1 Å². The standard InChI is InChI=1S/C9H10N4S/c10-7-1-2-12-9(3-7)13-5-8-4-11-6-14-8/h1-4,6H,5H2,(H3,10,12,13). The first-order valence-corrected chi connectivity index (χ1v) is 5.05.